The fourth-order valence-corrected chi connectivity index (χ4v) is 3.22. The van der Waals surface area contributed by atoms with Gasteiger partial charge in [0.1, 0.15) is 6.26 Å². The number of oxazole rings is 1. The van der Waals surface area contributed by atoms with Gasteiger partial charge in [-0.15, -0.1) is 0 Å². The zero-order valence-corrected chi connectivity index (χ0v) is 14.2. The quantitative estimate of drug-likeness (QED) is 0.819. The number of nitrogens with zero attached hydrogens (tertiary/aromatic N) is 2. The van der Waals surface area contributed by atoms with Crippen molar-refractivity contribution in [2.75, 3.05) is 18.0 Å². The molecule has 26 heavy (non-hydrogen) atoms. The second kappa shape index (κ2) is 7.43. The monoisotopic (exact) mass is 356 g/mol. The number of aromatic carboxylic acids is 1. The normalized spacial score (nSPS) is 20.4. The molecule has 0 radical (unpaired) electrons. The van der Waals surface area contributed by atoms with Gasteiger partial charge in [-0.2, -0.15) is 4.98 Å². The Kier molecular flexibility index (Phi) is 5.06. The van der Waals surface area contributed by atoms with Crippen LogP contribution in [0.3, 0.4) is 0 Å². The number of allylic oxidation sites excluding steroid dienone is 1. The summed E-state index contributed by atoms with van der Waals surface area (Å²) in [6.45, 7) is 0.804. The zero-order chi connectivity index (χ0) is 18.6. The first-order chi connectivity index (χ1) is 12.5. The molecule has 7 nitrogen and oxygen atoms in total. The molecule has 1 fully saturated rings. The van der Waals surface area contributed by atoms with Gasteiger partial charge in [0.25, 0.3) is 6.01 Å². The number of anilines is 1. The summed E-state index contributed by atoms with van der Waals surface area (Å²) >= 11 is 0. The minimum atomic E-state index is -1.17. The second-order valence-electron chi connectivity index (χ2n) is 6.45. The van der Waals surface area contributed by atoms with Crippen molar-refractivity contribution in [2.24, 2.45) is 5.41 Å². The molecule has 1 aromatic heterocycles. The first kappa shape index (κ1) is 17.7. The van der Waals surface area contributed by atoms with Crippen molar-refractivity contribution in [3.05, 3.63) is 53.9 Å². The van der Waals surface area contributed by atoms with Crippen LogP contribution in [0.1, 0.15) is 35.3 Å². The number of hydrogen-bond donors (Lipinski definition) is 2. The third kappa shape index (κ3) is 3.77. The minimum Gasteiger partial charge on any atom is -0.481 e. The molecule has 1 aliphatic rings. The van der Waals surface area contributed by atoms with Gasteiger partial charge >= 0.3 is 11.9 Å². The first-order valence-electron chi connectivity index (χ1n) is 8.39. The molecule has 7 heteroatoms. The van der Waals surface area contributed by atoms with E-state index in [0.29, 0.717) is 25.8 Å². The summed E-state index contributed by atoms with van der Waals surface area (Å²) in [5.74, 6) is -2.04. The van der Waals surface area contributed by atoms with E-state index in [1.807, 2.05) is 42.5 Å². The van der Waals surface area contributed by atoms with Crippen LogP contribution in [0.4, 0.5) is 6.01 Å². The third-order valence-electron chi connectivity index (χ3n) is 4.63. The standard InChI is InChI=1S/C19H20N2O5/c22-16(23)15-12-26-18(20-15)21-11-5-10-19(13-21,17(24)25)9-4-8-14-6-2-1-3-7-14/h1-4,6-8,12H,5,9-11,13H2,(H,22,23)(H,24,25)/b8-4+/t19-/m1/s1. The van der Waals surface area contributed by atoms with Crippen LogP contribution in [-0.2, 0) is 4.79 Å². The summed E-state index contributed by atoms with van der Waals surface area (Å²) in [4.78, 5) is 28.6. The van der Waals surface area contributed by atoms with E-state index >= 15 is 0 Å². The predicted molar refractivity (Wildman–Crippen MR) is 95.1 cm³/mol. The van der Waals surface area contributed by atoms with Crippen LogP contribution < -0.4 is 4.90 Å². The van der Waals surface area contributed by atoms with Crippen LogP contribution in [0.15, 0.2) is 47.1 Å². The molecule has 0 unspecified atom stereocenters. The molecule has 0 saturated carbocycles. The maximum Gasteiger partial charge on any atom is 0.357 e. The molecule has 2 heterocycles. The topological polar surface area (TPSA) is 104 Å². The van der Waals surface area contributed by atoms with Crippen LogP contribution in [0.5, 0.6) is 0 Å². The molecule has 1 atom stereocenters. The molecule has 3 rings (SSSR count). The highest BCUT2D eigenvalue weighted by atomic mass is 16.4. The molecule has 1 aromatic carbocycles. The number of rotatable bonds is 6. The number of carboxylic acid groups (broad SMARTS) is 2. The van der Waals surface area contributed by atoms with Gasteiger partial charge < -0.3 is 19.5 Å². The largest absolute Gasteiger partial charge is 0.481 e. The molecule has 0 amide bonds. The molecule has 1 saturated heterocycles. The highest BCUT2D eigenvalue weighted by molar-refractivity contribution is 5.85. The van der Waals surface area contributed by atoms with Crippen molar-refractivity contribution in [1.82, 2.24) is 4.98 Å². The molecule has 1 aliphatic heterocycles. The smallest absolute Gasteiger partial charge is 0.357 e. The van der Waals surface area contributed by atoms with E-state index in [9.17, 15) is 14.7 Å². The van der Waals surface area contributed by atoms with Crippen molar-refractivity contribution in [1.29, 1.82) is 0 Å². The van der Waals surface area contributed by atoms with Crippen molar-refractivity contribution in [3.8, 4) is 0 Å². The van der Waals surface area contributed by atoms with Crippen molar-refractivity contribution in [2.45, 2.75) is 19.3 Å². The van der Waals surface area contributed by atoms with Crippen molar-refractivity contribution in [3.63, 3.8) is 0 Å². The summed E-state index contributed by atoms with van der Waals surface area (Å²) < 4.78 is 5.24. The zero-order valence-electron chi connectivity index (χ0n) is 14.2. The average molecular weight is 356 g/mol. The molecule has 2 aromatic rings. The highest BCUT2D eigenvalue weighted by Gasteiger charge is 2.42. The van der Waals surface area contributed by atoms with Gasteiger partial charge in [-0.3, -0.25) is 4.79 Å². The Morgan fingerprint density at radius 1 is 1.27 bits per heavy atom. The second-order valence-corrected chi connectivity index (χ2v) is 6.45. The molecule has 0 aliphatic carbocycles. The lowest BCUT2D eigenvalue weighted by Gasteiger charge is -2.38. The third-order valence-corrected chi connectivity index (χ3v) is 4.63. The van der Waals surface area contributed by atoms with Gasteiger partial charge in [0.05, 0.1) is 5.41 Å². The van der Waals surface area contributed by atoms with E-state index in [1.54, 1.807) is 4.90 Å². The van der Waals surface area contributed by atoms with Crippen LogP contribution >= 0.6 is 0 Å². The van der Waals surface area contributed by atoms with Gasteiger partial charge in [0, 0.05) is 13.1 Å². The Labute approximate surface area is 150 Å². The lowest BCUT2D eigenvalue weighted by atomic mass is 9.77. The van der Waals surface area contributed by atoms with Crippen LogP contribution in [0.2, 0.25) is 0 Å². The SMILES string of the molecule is O=C(O)c1coc(N2CCC[C@@](C/C=C/c3ccccc3)(C(=O)O)C2)n1. The maximum absolute atomic E-state index is 12.0. The van der Waals surface area contributed by atoms with E-state index in [1.165, 1.54) is 0 Å². The number of benzene rings is 1. The maximum atomic E-state index is 12.0. The first-order valence-corrected chi connectivity index (χ1v) is 8.39. The summed E-state index contributed by atoms with van der Waals surface area (Å²) in [6.07, 6.45) is 6.45. The van der Waals surface area contributed by atoms with E-state index < -0.39 is 17.4 Å². The van der Waals surface area contributed by atoms with Crippen LogP contribution in [0, 0.1) is 5.41 Å². The number of aromatic nitrogens is 1. The molecule has 2 N–H and O–H groups in total. The lowest BCUT2D eigenvalue weighted by Crippen LogP contribution is -2.48. The summed E-state index contributed by atoms with van der Waals surface area (Å²) in [5.41, 5.74) is -0.128. The van der Waals surface area contributed by atoms with Crippen LogP contribution in [0.25, 0.3) is 6.08 Å². The van der Waals surface area contributed by atoms with Gasteiger partial charge in [-0.25, -0.2) is 4.79 Å². The van der Waals surface area contributed by atoms with Gasteiger partial charge in [0.2, 0.25) is 0 Å². The summed E-state index contributed by atoms with van der Waals surface area (Å²) in [5, 5.41) is 18.8. The number of aliphatic carboxylic acids is 1. The van der Waals surface area contributed by atoms with E-state index in [4.69, 9.17) is 9.52 Å². The highest BCUT2D eigenvalue weighted by Crippen LogP contribution is 2.36. The number of hydrogen-bond acceptors (Lipinski definition) is 5. The number of piperidine rings is 1. The Bertz CT molecular complexity index is 814. The van der Waals surface area contributed by atoms with Gasteiger partial charge in [-0.05, 0) is 24.8 Å². The van der Waals surface area contributed by atoms with Crippen LogP contribution in [-0.4, -0.2) is 40.2 Å². The predicted octanol–water partition coefficient (Wildman–Crippen LogP) is 3.15. The molecule has 136 valence electrons. The van der Waals surface area contributed by atoms with E-state index in [-0.39, 0.29) is 18.3 Å². The minimum absolute atomic E-state index is 0.153. The number of carboxylic acids is 2. The Morgan fingerprint density at radius 2 is 2.04 bits per heavy atom. The van der Waals surface area contributed by atoms with Gasteiger partial charge in [0.15, 0.2) is 5.69 Å². The molecule has 0 bridgehead atoms. The van der Waals surface area contributed by atoms with Crippen molar-refractivity contribution < 1.29 is 24.2 Å². The van der Waals surface area contributed by atoms with E-state index in [2.05, 4.69) is 4.98 Å². The molecule has 0 spiro atoms. The Balaban J connectivity index is 1.76. The summed E-state index contributed by atoms with van der Waals surface area (Å²) in [7, 11) is 0. The number of carbonyl (C=O) groups is 2. The molecular weight excluding hydrogens is 336 g/mol. The lowest BCUT2D eigenvalue weighted by molar-refractivity contribution is -0.149. The molecular formula is C19H20N2O5. The fraction of sp³-hybridized carbons (Fsp3) is 0.316. The van der Waals surface area contributed by atoms with E-state index in [0.717, 1.165) is 11.8 Å². The fourth-order valence-electron chi connectivity index (χ4n) is 3.22. The Hall–Kier alpha value is -3.09. The Morgan fingerprint density at radius 3 is 2.69 bits per heavy atom. The van der Waals surface area contributed by atoms with Gasteiger partial charge in [-0.1, -0.05) is 42.5 Å². The average Bonchev–Trinajstić information content (AvgIpc) is 3.13. The summed E-state index contributed by atoms with van der Waals surface area (Å²) in [6, 6.07) is 9.85. The van der Waals surface area contributed by atoms with Crippen molar-refractivity contribution >= 4 is 24.0 Å².